The maximum absolute atomic E-state index is 12.5. The van der Waals surface area contributed by atoms with Gasteiger partial charge in [-0.25, -0.2) is 0 Å². The second kappa shape index (κ2) is 6.08. The number of halogens is 3. The lowest BCUT2D eigenvalue weighted by molar-refractivity contribution is -0.137. The number of aromatic nitrogens is 1. The summed E-state index contributed by atoms with van der Waals surface area (Å²) in [4.78, 5) is 4.24. The molecule has 1 aromatic heterocycles. The lowest BCUT2D eigenvalue weighted by Crippen LogP contribution is -2.04. The summed E-state index contributed by atoms with van der Waals surface area (Å²) in [5, 5.41) is 4.99. The second-order valence-electron chi connectivity index (χ2n) is 4.87. The number of benzene rings is 2. The molecule has 116 valence electrons. The highest BCUT2D eigenvalue weighted by atomic mass is 19.4. The zero-order chi connectivity index (χ0) is 16.3. The quantitative estimate of drug-likeness (QED) is 0.562. The first kappa shape index (κ1) is 15.0. The van der Waals surface area contributed by atoms with Gasteiger partial charge in [0, 0.05) is 11.6 Å². The number of fused-ring (bicyclic) bond motifs is 1. The van der Waals surface area contributed by atoms with Gasteiger partial charge in [-0.3, -0.25) is 10.4 Å². The van der Waals surface area contributed by atoms with Crippen molar-refractivity contribution in [3.63, 3.8) is 0 Å². The van der Waals surface area contributed by atoms with E-state index in [4.69, 9.17) is 0 Å². The minimum Gasteiger partial charge on any atom is -0.278 e. The van der Waals surface area contributed by atoms with Crippen molar-refractivity contribution in [1.29, 1.82) is 0 Å². The molecule has 3 nitrogen and oxygen atoms in total. The van der Waals surface area contributed by atoms with Gasteiger partial charge in [0.25, 0.3) is 0 Å². The minimum atomic E-state index is -4.33. The molecule has 0 saturated carbocycles. The number of rotatable bonds is 3. The number of nitrogens with one attached hydrogen (secondary N) is 1. The van der Waals surface area contributed by atoms with Gasteiger partial charge >= 0.3 is 6.18 Å². The van der Waals surface area contributed by atoms with E-state index in [1.807, 2.05) is 30.3 Å². The Morgan fingerprint density at radius 1 is 0.957 bits per heavy atom. The van der Waals surface area contributed by atoms with Crippen LogP contribution in [0.1, 0.15) is 11.1 Å². The number of anilines is 1. The molecule has 0 atom stereocenters. The van der Waals surface area contributed by atoms with Crippen LogP contribution in [0.15, 0.2) is 65.9 Å². The molecule has 0 spiro atoms. The molecule has 0 aliphatic rings. The van der Waals surface area contributed by atoms with E-state index in [0.29, 0.717) is 5.56 Å². The van der Waals surface area contributed by atoms with Gasteiger partial charge in [0.2, 0.25) is 0 Å². The van der Waals surface area contributed by atoms with Crippen LogP contribution in [0.5, 0.6) is 0 Å². The number of hydrogen-bond acceptors (Lipinski definition) is 3. The Bertz CT molecular complexity index is 834. The first-order valence-electron chi connectivity index (χ1n) is 6.84. The monoisotopic (exact) mass is 315 g/mol. The third kappa shape index (κ3) is 3.48. The predicted molar refractivity (Wildman–Crippen MR) is 84.4 cm³/mol. The molecule has 0 amide bonds. The van der Waals surface area contributed by atoms with Gasteiger partial charge in [-0.2, -0.15) is 18.3 Å². The van der Waals surface area contributed by atoms with Crippen LogP contribution in [0.25, 0.3) is 10.9 Å². The van der Waals surface area contributed by atoms with E-state index < -0.39 is 11.7 Å². The summed E-state index contributed by atoms with van der Waals surface area (Å²) in [5.41, 5.74) is 4.40. The summed E-state index contributed by atoms with van der Waals surface area (Å²) < 4.78 is 37.5. The summed E-state index contributed by atoms with van der Waals surface area (Å²) in [7, 11) is 0. The topological polar surface area (TPSA) is 37.3 Å². The average molecular weight is 315 g/mol. The van der Waals surface area contributed by atoms with Crippen molar-refractivity contribution in [3.8, 4) is 0 Å². The van der Waals surface area contributed by atoms with Crippen molar-refractivity contribution in [2.45, 2.75) is 6.18 Å². The van der Waals surface area contributed by atoms with Crippen molar-refractivity contribution >= 4 is 22.8 Å². The predicted octanol–water partition coefficient (Wildman–Crippen LogP) is 4.70. The highest BCUT2D eigenvalue weighted by Gasteiger charge is 2.29. The van der Waals surface area contributed by atoms with Crippen LogP contribution >= 0.6 is 0 Å². The molecule has 6 heteroatoms. The standard InChI is InChI=1S/C17H12F3N3/c18-17(19,20)13-8-6-12(7-9-13)11-22-23-16-5-1-4-15-14(16)3-2-10-21-15/h1-11,23H/b22-11+. The molecule has 3 rings (SSSR count). The Morgan fingerprint density at radius 3 is 2.48 bits per heavy atom. The molecular weight excluding hydrogens is 303 g/mol. The van der Waals surface area contributed by atoms with Crippen LogP contribution in [-0.2, 0) is 6.18 Å². The van der Waals surface area contributed by atoms with Gasteiger partial charge < -0.3 is 0 Å². The average Bonchev–Trinajstić information content (AvgIpc) is 2.55. The number of pyridine rings is 1. The van der Waals surface area contributed by atoms with E-state index in [1.54, 1.807) is 6.20 Å². The molecule has 1 N–H and O–H groups in total. The Hall–Kier alpha value is -2.89. The molecule has 0 unspecified atom stereocenters. The van der Waals surface area contributed by atoms with E-state index in [9.17, 15) is 13.2 Å². The van der Waals surface area contributed by atoms with Gasteiger partial charge in [-0.15, -0.1) is 0 Å². The smallest absolute Gasteiger partial charge is 0.278 e. The van der Waals surface area contributed by atoms with E-state index in [2.05, 4.69) is 15.5 Å². The highest BCUT2D eigenvalue weighted by molar-refractivity contribution is 5.91. The van der Waals surface area contributed by atoms with Crippen LogP contribution in [0, 0.1) is 0 Å². The number of alkyl halides is 3. The first-order valence-corrected chi connectivity index (χ1v) is 6.84. The van der Waals surface area contributed by atoms with Gasteiger partial charge in [-0.1, -0.05) is 18.2 Å². The lowest BCUT2D eigenvalue weighted by Gasteiger charge is -2.06. The van der Waals surface area contributed by atoms with Crippen LogP contribution in [-0.4, -0.2) is 11.2 Å². The van der Waals surface area contributed by atoms with Gasteiger partial charge in [0.15, 0.2) is 0 Å². The Kier molecular flexibility index (Phi) is 3.97. The summed E-state index contributed by atoms with van der Waals surface area (Å²) in [6, 6.07) is 14.1. The second-order valence-corrected chi connectivity index (χ2v) is 4.87. The molecule has 1 heterocycles. The molecule has 23 heavy (non-hydrogen) atoms. The molecule has 0 bridgehead atoms. The van der Waals surface area contributed by atoms with E-state index >= 15 is 0 Å². The number of hydrogen-bond donors (Lipinski definition) is 1. The summed E-state index contributed by atoms with van der Waals surface area (Å²) in [6.45, 7) is 0. The molecule has 0 aliphatic carbocycles. The normalized spacial score (nSPS) is 12.0. The molecule has 2 aromatic carbocycles. The zero-order valence-electron chi connectivity index (χ0n) is 11.9. The van der Waals surface area contributed by atoms with E-state index in [0.717, 1.165) is 28.7 Å². The Labute approximate surface area is 130 Å². The third-order valence-corrected chi connectivity index (χ3v) is 3.28. The maximum atomic E-state index is 12.5. The van der Waals surface area contributed by atoms with Crippen molar-refractivity contribution in [2.24, 2.45) is 5.10 Å². The van der Waals surface area contributed by atoms with Crippen LogP contribution in [0.4, 0.5) is 18.9 Å². The Morgan fingerprint density at radius 2 is 1.74 bits per heavy atom. The van der Waals surface area contributed by atoms with Crippen molar-refractivity contribution in [1.82, 2.24) is 4.98 Å². The molecular formula is C17H12F3N3. The van der Waals surface area contributed by atoms with Crippen molar-refractivity contribution in [3.05, 3.63) is 71.9 Å². The number of nitrogens with zero attached hydrogens (tertiary/aromatic N) is 2. The van der Waals surface area contributed by atoms with Gasteiger partial charge in [0.1, 0.15) is 0 Å². The third-order valence-electron chi connectivity index (χ3n) is 3.28. The molecule has 0 aliphatic heterocycles. The summed E-state index contributed by atoms with van der Waals surface area (Å²) >= 11 is 0. The van der Waals surface area contributed by atoms with Gasteiger partial charge in [-0.05, 0) is 42.0 Å². The molecule has 3 aromatic rings. The molecule has 0 saturated heterocycles. The summed E-state index contributed by atoms with van der Waals surface area (Å²) in [6.07, 6.45) is -1.16. The fourth-order valence-corrected chi connectivity index (χ4v) is 2.14. The molecule has 0 fully saturated rings. The first-order chi connectivity index (χ1) is 11.0. The van der Waals surface area contributed by atoms with E-state index in [-0.39, 0.29) is 0 Å². The SMILES string of the molecule is FC(F)(F)c1ccc(/C=N/Nc2cccc3ncccc23)cc1. The fraction of sp³-hybridized carbons (Fsp3) is 0.0588. The van der Waals surface area contributed by atoms with Crippen molar-refractivity contribution < 1.29 is 13.2 Å². The fourth-order valence-electron chi connectivity index (χ4n) is 2.14. The number of hydrazone groups is 1. The van der Waals surface area contributed by atoms with Crippen LogP contribution in [0.2, 0.25) is 0 Å². The van der Waals surface area contributed by atoms with Crippen molar-refractivity contribution in [2.75, 3.05) is 5.43 Å². The minimum absolute atomic E-state index is 0.573. The zero-order valence-corrected chi connectivity index (χ0v) is 11.9. The van der Waals surface area contributed by atoms with Gasteiger partial charge in [0.05, 0.1) is 23.0 Å². The summed E-state index contributed by atoms with van der Waals surface area (Å²) in [5.74, 6) is 0. The van der Waals surface area contributed by atoms with Crippen LogP contribution < -0.4 is 5.43 Å². The highest BCUT2D eigenvalue weighted by Crippen LogP contribution is 2.28. The maximum Gasteiger partial charge on any atom is 0.416 e. The van der Waals surface area contributed by atoms with E-state index in [1.165, 1.54) is 18.3 Å². The molecule has 0 radical (unpaired) electrons. The Balaban J connectivity index is 1.76. The van der Waals surface area contributed by atoms with Crippen LogP contribution in [0.3, 0.4) is 0 Å². The largest absolute Gasteiger partial charge is 0.416 e. The lowest BCUT2D eigenvalue weighted by atomic mass is 10.1.